The van der Waals surface area contributed by atoms with Crippen LogP contribution in [-0.2, 0) is 4.79 Å². The first-order valence-electron chi connectivity index (χ1n) is 6.06. The number of Topliss-reactive ketones (excluding diaryl/α,β-unsaturated/α-hetero) is 1. The van der Waals surface area contributed by atoms with Crippen LogP contribution >= 0.6 is 0 Å². The van der Waals surface area contributed by atoms with Crippen LogP contribution in [0.3, 0.4) is 0 Å². The van der Waals surface area contributed by atoms with Crippen LogP contribution in [0.1, 0.15) is 24.2 Å². The maximum atomic E-state index is 11.7. The van der Waals surface area contributed by atoms with E-state index in [1.165, 1.54) is 6.92 Å². The van der Waals surface area contributed by atoms with Gasteiger partial charge in [-0.15, -0.1) is 0 Å². The zero-order valence-corrected chi connectivity index (χ0v) is 10.9. The molecule has 2 rings (SSSR count). The second kappa shape index (κ2) is 5.48. The summed E-state index contributed by atoms with van der Waals surface area (Å²) in [6.45, 7) is 3.00. The average Bonchev–Trinajstić information content (AvgIpc) is 2.38. The molecule has 1 N–H and O–H groups in total. The van der Waals surface area contributed by atoms with E-state index in [2.05, 4.69) is 5.32 Å². The molecule has 0 aliphatic carbocycles. The van der Waals surface area contributed by atoms with Crippen molar-refractivity contribution in [1.29, 1.82) is 0 Å². The SMILES string of the molecule is CC(=O)Nc1ccc(C(C)=O)c(-c2ccccc2)c1. The molecule has 0 radical (unpaired) electrons. The molecule has 0 aliphatic heterocycles. The summed E-state index contributed by atoms with van der Waals surface area (Å²) in [7, 11) is 0. The predicted octanol–water partition coefficient (Wildman–Crippen LogP) is 3.51. The molecule has 3 heteroatoms. The molecule has 0 bridgehead atoms. The predicted molar refractivity (Wildman–Crippen MR) is 76.2 cm³/mol. The van der Waals surface area contributed by atoms with Gasteiger partial charge in [-0.05, 0) is 36.2 Å². The lowest BCUT2D eigenvalue weighted by molar-refractivity contribution is -0.114. The number of hydrogen-bond donors (Lipinski definition) is 1. The topological polar surface area (TPSA) is 46.2 Å². The Kier molecular flexibility index (Phi) is 3.76. The van der Waals surface area contributed by atoms with Crippen molar-refractivity contribution >= 4 is 17.4 Å². The molecule has 2 aromatic rings. The summed E-state index contributed by atoms with van der Waals surface area (Å²) in [5.74, 6) is -0.122. The lowest BCUT2D eigenvalue weighted by Gasteiger charge is -2.10. The Labute approximate surface area is 112 Å². The van der Waals surface area contributed by atoms with E-state index >= 15 is 0 Å². The van der Waals surface area contributed by atoms with Gasteiger partial charge in [0, 0.05) is 18.2 Å². The fourth-order valence-electron chi connectivity index (χ4n) is 1.99. The van der Waals surface area contributed by atoms with Crippen LogP contribution in [0.2, 0.25) is 0 Å². The van der Waals surface area contributed by atoms with Gasteiger partial charge in [-0.25, -0.2) is 0 Å². The lowest BCUT2D eigenvalue weighted by Crippen LogP contribution is -2.06. The van der Waals surface area contributed by atoms with Gasteiger partial charge in [0.15, 0.2) is 5.78 Å². The normalized spacial score (nSPS) is 10.0. The number of amides is 1. The molecule has 0 spiro atoms. The molecular weight excluding hydrogens is 238 g/mol. The maximum absolute atomic E-state index is 11.7. The van der Waals surface area contributed by atoms with Gasteiger partial charge >= 0.3 is 0 Å². The van der Waals surface area contributed by atoms with Crippen LogP contribution in [0.5, 0.6) is 0 Å². The second-order valence-corrected chi connectivity index (χ2v) is 4.36. The van der Waals surface area contributed by atoms with Gasteiger partial charge in [-0.2, -0.15) is 0 Å². The number of rotatable bonds is 3. The molecule has 1 amide bonds. The highest BCUT2D eigenvalue weighted by Gasteiger charge is 2.10. The van der Waals surface area contributed by atoms with Gasteiger partial charge in [0.1, 0.15) is 0 Å². The maximum Gasteiger partial charge on any atom is 0.221 e. The number of carbonyl (C=O) groups is 2. The molecule has 96 valence electrons. The molecule has 0 aliphatic rings. The van der Waals surface area contributed by atoms with Crippen molar-refractivity contribution < 1.29 is 9.59 Å². The Morgan fingerprint density at radius 3 is 2.21 bits per heavy atom. The number of carbonyl (C=O) groups excluding carboxylic acids is 2. The van der Waals surface area contributed by atoms with Crippen LogP contribution < -0.4 is 5.32 Å². The van der Waals surface area contributed by atoms with Gasteiger partial charge in [0.2, 0.25) is 5.91 Å². The summed E-state index contributed by atoms with van der Waals surface area (Å²) < 4.78 is 0. The summed E-state index contributed by atoms with van der Waals surface area (Å²) in [4.78, 5) is 22.8. The molecule has 19 heavy (non-hydrogen) atoms. The first kappa shape index (κ1) is 13.0. The standard InChI is InChI=1S/C16H15NO2/c1-11(18)15-9-8-14(17-12(2)19)10-16(15)13-6-4-3-5-7-13/h3-10H,1-2H3,(H,17,19). The van der Waals surface area contributed by atoms with E-state index in [0.29, 0.717) is 11.3 Å². The Hall–Kier alpha value is -2.42. The zero-order chi connectivity index (χ0) is 13.8. The number of anilines is 1. The lowest BCUT2D eigenvalue weighted by atomic mass is 9.97. The molecule has 0 saturated heterocycles. The number of hydrogen-bond acceptors (Lipinski definition) is 2. The summed E-state index contributed by atoms with van der Waals surface area (Å²) in [5.41, 5.74) is 3.14. The van der Waals surface area contributed by atoms with Crippen molar-refractivity contribution in [3.05, 3.63) is 54.1 Å². The van der Waals surface area contributed by atoms with Crippen LogP contribution in [0.4, 0.5) is 5.69 Å². The molecule has 0 aromatic heterocycles. The van der Waals surface area contributed by atoms with E-state index in [0.717, 1.165) is 11.1 Å². The van der Waals surface area contributed by atoms with Gasteiger partial charge in [-0.1, -0.05) is 30.3 Å². The minimum absolute atomic E-state index is 0.00762. The Morgan fingerprint density at radius 2 is 1.63 bits per heavy atom. The Bertz CT molecular complexity index is 618. The quantitative estimate of drug-likeness (QED) is 0.851. The molecule has 0 fully saturated rings. The third kappa shape index (κ3) is 3.07. The van der Waals surface area contributed by atoms with Crippen molar-refractivity contribution in [3.63, 3.8) is 0 Å². The summed E-state index contributed by atoms with van der Waals surface area (Å²) in [5, 5.41) is 2.73. The van der Waals surface area contributed by atoms with E-state index in [1.807, 2.05) is 36.4 Å². The zero-order valence-electron chi connectivity index (χ0n) is 10.9. The van der Waals surface area contributed by atoms with Crippen LogP contribution in [0, 0.1) is 0 Å². The minimum atomic E-state index is -0.130. The molecule has 0 unspecified atom stereocenters. The van der Waals surface area contributed by atoms with Crippen LogP contribution in [0.15, 0.2) is 48.5 Å². The molecule has 0 heterocycles. The smallest absolute Gasteiger partial charge is 0.221 e. The minimum Gasteiger partial charge on any atom is -0.326 e. The van der Waals surface area contributed by atoms with Crippen molar-refractivity contribution in [2.24, 2.45) is 0 Å². The van der Waals surface area contributed by atoms with Crippen molar-refractivity contribution in [3.8, 4) is 11.1 Å². The van der Waals surface area contributed by atoms with Crippen molar-refractivity contribution in [1.82, 2.24) is 0 Å². The largest absolute Gasteiger partial charge is 0.326 e. The van der Waals surface area contributed by atoms with E-state index in [1.54, 1.807) is 19.1 Å². The highest BCUT2D eigenvalue weighted by Crippen LogP contribution is 2.27. The van der Waals surface area contributed by atoms with Crippen molar-refractivity contribution in [2.75, 3.05) is 5.32 Å². The van der Waals surface area contributed by atoms with Gasteiger partial charge in [0.25, 0.3) is 0 Å². The number of ketones is 1. The highest BCUT2D eigenvalue weighted by atomic mass is 16.1. The first-order valence-corrected chi connectivity index (χ1v) is 6.06. The molecule has 0 atom stereocenters. The summed E-state index contributed by atoms with van der Waals surface area (Å²) in [6.07, 6.45) is 0. The molecule has 0 saturated carbocycles. The Balaban J connectivity index is 2.54. The monoisotopic (exact) mass is 253 g/mol. The van der Waals surface area contributed by atoms with Gasteiger partial charge in [-0.3, -0.25) is 9.59 Å². The third-order valence-electron chi connectivity index (χ3n) is 2.80. The second-order valence-electron chi connectivity index (χ2n) is 4.36. The van der Waals surface area contributed by atoms with Gasteiger partial charge in [0.05, 0.1) is 0 Å². The Morgan fingerprint density at radius 1 is 0.947 bits per heavy atom. The van der Waals surface area contributed by atoms with E-state index < -0.39 is 0 Å². The number of nitrogens with one attached hydrogen (secondary N) is 1. The third-order valence-corrected chi connectivity index (χ3v) is 2.80. The first-order chi connectivity index (χ1) is 9.08. The summed E-state index contributed by atoms with van der Waals surface area (Å²) >= 11 is 0. The van der Waals surface area contributed by atoms with Crippen LogP contribution in [-0.4, -0.2) is 11.7 Å². The molecular formula is C16H15NO2. The number of benzene rings is 2. The fourth-order valence-corrected chi connectivity index (χ4v) is 1.99. The molecule has 3 nitrogen and oxygen atoms in total. The highest BCUT2D eigenvalue weighted by molar-refractivity contribution is 6.02. The van der Waals surface area contributed by atoms with E-state index in [-0.39, 0.29) is 11.7 Å². The van der Waals surface area contributed by atoms with Gasteiger partial charge < -0.3 is 5.32 Å². The van der Waals surface area contributed by atoms with Crippen molar-refractivity contribution in [2.45, 2.75) is 13.8 Å². The van der Waals surface area contributed by atoms with E-state index in [9.17, 15) is 9.59 Å². The average molecular weight is 253 g/mol. The van der Waals surface area contributed by atoms with E-state index in [4.69, 9.17) is 0 Å². The fraction of sp³-hybridized carbons (Fsp3) is 0.125. The molecule has 2 aromatic carbocycles. The van der Waals surface area contributed by atoms with Crippen LogP contribution in [0.25, 0.3) is 11.1 Å². The summed E-state index contributed by atoms with van der Waals surface area (Å²) in [6, 6.07) is 15.0.